The highest BCUT2D eigenvalue weighted by molar-refractivity contribution is 6.30. The van der Waals surface area contributed by atoms with Crippen molar-refractivity contribution in [2.45, 2.75) is 24.4 Å². The molecule has 2 aliphatic rings. The van der Waals surface area contributed by atoms with Gasteiger partial charge in [-0.2, -0.15) is 0 Å². The number of amides is 2. The summed E-state index contributed by atoms with van der Waals surface area (Å²) in [7, 11) is 0. The van der Waals surface area contributed by atoms with E-state index in [-0.39, 0.29) is 24.4 Å². The summed E-state index contributed by atoms with van der Waals surface area (Å²) in [6, 6.07) is 12.7. The molecule has 4 rings (SSSR count). The monoisotopic (exact) mass is 431 g/mol. The third-order valence-electron chi connectivity index (χ3n) is 5.78. The van der Waals surface area contributed by atoms with Crippen LogP contribution in [-0.4, -0.2) is 59.6 Å². The van der Waals surface area contributed by atoms with Gasteiger partial charge in [0.25, 0.3) is 0 Å². The van der Waals surface area contributed by atoms with Crippen molar-refractivity contribution < 1.29 is 18.7 Å². The summed E-state index contributed by atoms with van der Waals surface area (Å²) in [5.74, 6) is -0.483. The van der Waals surface area contributed by atoms with Crippen LogP contribution in [0.3, 0.4) is 0 Å². The average Bonchev–Trinajstić information content (AvgIpc) is 3.06. The van der Waals surface area contributed by atoms with Crippen LogP contribution in [0.5, 0.6) is 0 Å². The van der Waals surface area contributed by atoms with Crippen molar-refractivity contribution in [1.29, 1.82) is 0 Å². The summed E-state index contributed by atoms with van der Waals surface area (Å²) >= 11 is 5.92. The summed E-state index contributed by atoms with van der Waals surface area (Å²) < 4.78 is 18.6. The van der Waals surface area contributed by atoms with Gasteiger partial charge in [0, 0.05) is 31.1 Å². The Morgan fingerprint density at radius 3 is 2.50 bits per heavy atom. The molecule has 2 N–H and O–H groups in total. The van der Waals surface area contributed by atoms with Gasteiger partial charge < -0.3 is 15.4 Å². The fraction of sp³-hybridized carbons (Fsp3) is 0.364. The van der Waals surface area contributed by atoms with Crippen molar-refractivity contribution >= 4 is 23.6 Å². The zero-order valence-corrected chi connectivity index (χ0v) is 17.1. The quantitative estimate of drug-likeness (QED) is 0.789. The number of hydrogen-bond donors (Lipinski definition) is 1. The summed E-state index contributed by atoms with van der Waals surface area (Å²) in [5, 5.41) is 0.628. The smallest absolute Gasteiger partial charge is 0.410 e. The lowest BCUT2D eigenvalue weighted by molar-refractivity contribution is -0.136. The maximum absolute atomic E-state index is 13.3. The van der Waals surface area contributed by atoms with E-state index in [9.17, 15) is 14.0 Å². The summed E-state index contributed by atoms with van der Waals surface area (Å²) in [6.07, 6.45) is 0.487. The Morgan fingerprint density at radius 2 is 1.80 bits per heavy atom. The number of fused-ring (bicyclic) bond motifs is 1. The Morgan fingerprint density at radius 1 is 1.13 bits per heavy atom. The molecule has 30 heavy (non-hydrogen) atoms. The summed E-state index contributed by atoms with van der Waals surface area (Å²) in [5.41, 5.74) is 7.34. The predicted octanol–water partition coefficient (Wildman–Crippen LogP) is 2.62. The van der Waals surface area contributed by atoms with Crippen LogP contribution in [0.25, 0.3) is 0 Å². The molecular weight excluding hydrogens is 409 g/mol. The third kappa shape index (κ3) is 4.13. The Bertz CT molecular complexity index is 938. The molecule has 2 heterocycles. The van der Waals surface area contributed by atoms with Crippen LogP contribution in [0.2, 0.25) is 5.02 Å². The molecule has 0 aliphatic carbocycles. The summed E-state index contributed by atoms with van der Waals surface area (Å²) in [4.78, 5) is 28.7. The van der Waals surface area contributed by atoms with Crippen LogP contribution in [0.15, 0.2) is 48.5 Å². The van der Waals surface area contributed by atoms with Gasteiger partial charge in [-0.3, -0.25) is 9.69 Å². The van der Waals surface area contributed by atoms with Crippen molar-refractivity contribution in [1.82, 2.24) is 9.80 Å². The minimum Gasteiger partial charge on any atom is -0.447 e. The second-order valence-corrected chi connectivity index (χ2v) is 8.37. The van der Waals surface area contributed by atoms with Gasteiger partial charge >= 0.3 is 6.09 Å². The largest absolute Gasteiger partial charge is 0.447 e. The van der Waals surface area contributed by atoms with Crippen molar-refractivity contribution in [3.63, 3.8) is 0 Å². The number of nitrogens with two attached hydrogens (primary N) is 1. The first kappa shape index (κ1) is 20.6. The lowest BCUT2D eigenvalue weighted by Crippen LogP contribution is -2.65. The zero-order valence-electron chi connectivity index (χ0n) is 16.4. The van der Waals surface area contributed by atoms with E-state index in [2.05, 4.69) is 0 Å². The molecule has 158 valence electrons. The van der Waals surface area contributed by atoms with Gasteiger partial charge in [-0.25, -0.2) is 9.18 Å². The van der Waals surface area contributed by atoms with Crippen LogP contribution in [-0.2, 0) is 22.4 Å². The van der Waals surface area contributed by atoms with Crippen molar-refractivity contribution in [2.75, 3.05) is 26.2 Å². The lowest BCUT2D eigenvalue weighted by Gasteiger charge is -2.45. The maximum Gasteiger partial charge on any atom is 0.410 e. The number of halogens is 2. The highest BCUT2D eigenvalue weighted by Gasteiger charge is 2.51. The highest BCUT2D eigenvalue weighted by atomic mass is 35.5. The molecule has 2 atom stereocenters. The van der Waals surface area contributed by atoms with Crippen molar-refractivity contribution in [3.05, 3.63) is 70.5 Å². The Kier molecular flexibility index (Phi) is 5.66. The Hall–Kier alpha value is -2.64. The fourth-order valence-electron chi connectivity index (χ4n) is 4.23. The molecule has 8 heteroatoms. The molecule has 0 saturated carbocycles. The van der Waals surface area contributed by atoms with Gasteiger partial charge in [-0.1, -0.05) is 35.9 Å². The second-order valence-electron chi connectivity index (χ2n) is 7.93. The van der Waals surface area contributed by atoms with E-state index in [1.165, 1.54) is 12.1 Å². The minimum atomic E-state index is -0.696. The van der Waals surface area contributed by atoms with Gasteiger partial charge in [0.05, 0.1) is 6.04 Å². The normalized spacial score (nSPS) is 21.9. The molecule has 6 nitrogen and oxygen atoms in total. The van der Waals surface area contributed by atoms with E-state index in [1.807, 2.05) is 12.1 Å². The van der Waals surface area contributed by atoms with Crippen LogP contribution in [0, 0.1) is 5.82 Å². The summed E-state index contributed by atoms with van der Waals surface area (Å²) in [6.45, 7) is 1.27. The molecule has 2 aliphatic heterocycles. The fourth-order valence-corrected chi connectivity index (χ4v) is 4.35. The highest BCUT2D eigenvalue weighted by Crippen LogP contribution is 2.32. The molecule has 0 aromatic heterocycles. The van der Waals surface area contributed by atoms with Crippen LogP contribution in [0.4, 0.5) is 9.18 Å². The number of rotatable bonds is 5. The third-order valence-corrected chi connectivity index (χ3v) is 6.03. The van der Waals surface area contributed by atoms with Crippen LogP contribution in [0.1, 0.15) is 11.1 Å². The van der Waals surface area contributed by atoms with E-state index in [4.69, 9.17) is 22.1 Å². The van der Waals surface area contributed by atoms with E-state index < -0.39 is 11.6 Å². The molecule has 1 unspecified atom stereocenters. The molecule has 2 fully saturated rings. The standard InChI is InChI=1S/C22H23ClFN3O3/c23-17-5-1-15(2-6-17)11-19(25)20(28)26-9-10-27-21(29)30-14-22(27,13-26)12-16-3-7-18(24)8-4-16/h1-8,19H,9-14,25H2/t19-,22?/m1/s1. The van der Waals surface area contributed by atoms with E-state index in [1.54, 1.807) is 34.1 Å². The minimum absolute atomic E-state index is 0.164. The first-order chi connectivity index (χ1) is 14.4. The molecule has 2 aromatic carbocycles. The first-order valence-corrected chi connectivity index (χ1v) is 10.2. The van der Waals surface area contributed by atoms with E-state index >= 15 is 0 Å². The van der Waals surface area contributed by atoms with E-state index in [0.717, 1.165) is 11.1 Å². The Labute approximate surface area is 179 Å². The SMILES string of the molecule is N[C@H](Cc1ccc(Cl)cc1)C(=O)N1CCN2C(=O)OCC2(Cc2ccc(F)cc2)C1. The topological polar surface area (TPSA) is 75.9 Å². The number of carbonyl (C=O) groups is 2. The predicted molar refractivity (Wildman–Crippen MR) is 111 cm³/mol. The van der Waals surface area contributed by atoms with Crippen molar-refractivity contribution in [3.8, 4) is 0 Å². The number of benzene rings is 2. The number of hydrogen-bond acceptors (Lipinski definition) is 4. The zero-order chi connectivity index (χ0) is 21.3. The number of ether oxygens (including phenoxy) is 1. The molecule has 0 bridgehead atoms. The molecule has 2 amide bonds. The number of carbonyl (C=O) groups excluding carboxylic acids is 2. The number of piperazine rings is 1. The van der Waals surface area contributed by atoms with Crippen LogP contribution < -0.4 is 5.73 Å². The lowest BCUT2D eigenvalue weighted by atomic mass is 9.87. The molecule has 0 spiro atoms. The van der Waals surface area contributed by atoms with Gasteiger partial charge in [0.2, 0.25) is 5.91 Å². The van der Waals surface area contributed by atoms with Gasteiger partial charge in [-0.15, -0.1) is 0 Å². The van der Waals surface area contributed by atoms with Crippen LogP contribution >= 0.6 is 11.6 Å². The molecular formula is C22H23ClFN3O3. The first-order valence-electron chi connectivity index (χ1n) is 9.84. The second kappa shape index (κ2) is 8.24. The average molecular weight is 432 g/mol. The number of nitrogens with zero attached hydrogens (tertiary/aromatic N) is 2. The van der Waals surface area contributed by atoms with E-state index in [0.29, 0.717) is 37.5 Å². The van der Waals surface area contributed by atoms with Gasteiger partial charge in [0.1, 0.15) is 18.0 Å². The maximum atomic E-state index is 13.3. The molecule has 2 saturated heterocycles. The molecule has 0 radical (unpaired) electrons. The molecule has 2 aromatic rings. The Balaban J connectivity index is 1.49. The van der Waals surface area contributed by atoms with Gasteiger partial charge in [-0.05, 0) is 41.8 Å². The number of cyclic esters (lactones) is 1. The van der Waals surface area contributed by atoms with Gasteiger partial charge in [0.15, 0.2) is 0 Å². The van der Waals surface area contributed by atoms with Crippen molar-refractivity contribution in [2.24, 2.45) is 5.73 Å².